The van der Waals surface area contributed by atoms with Crippen molar-refractivity contribution in [2.24, 2.45) is 4.99 Å². The number of unbranched alkanes of at least 4 members (excludes halogenated alkanes) is 2. The van der Waals surface area contributed by atoms with E-state index in [2.05, 4.69) is 27.2 Å². The molecule has 8 heteroatoms. The van der Waals surface area contributed by atoms with Crippen molar-refractivity contribution in [2.45, 2.75) is 51.5 Å². The molecule has 2 N–H and O–H groups in total. The van der Waals surface area contributed by atoms with Crippen LogP contribution in [0.5, 0.6) is 0 Å². The summed E-state index contributed by atoms with van der Waals surface area (Å²) in [6, 6.07) is 4.18. The Bertz CT molecular complexity index is 560. The van der Waals surface area contributed by atoms with E-state index in [4.69, 9.17) is 9.41 Å². The maximum atomic E-state index is 11.1. The van der Waals surface area contributed by atoms with Crippen LogP contribution in [-0.4, -0.2) is 56.7 Å². The second-order valence-corrected chi connectivity index (χ2v) is 6.81. The molecule has 2 heterocycles. The molecule has 0 bridgehead atoms. The highest BCUT2D eigenvalue weighted by Gasteiger charge is 2.25. The Balaban J connectivity index is 0.00000392. The zero-order valence-electron chi connectivity index (χ0n) is 17.1. The van der Waals surface area contributed by atoms with E-state index in [9.17, 15) is 4.79 Å². The number of guanidine groups is 1. The number of aliphatic imine (C=N–C) groups is 1. The predicted octanol–water partition coefficient (Wildman–Crippen LogP) is 3.32. The van der Waals surface area contributed by atoms with E-state index in [-0.39, 0.29) is 36.0 Å². The van der Waals surface area contributed by atoms with Gasteiger partial charge in [-0.3, -0.25) is 14.7 Å². The summed E-state index contributed by atoms with van der Waals surface area (Å²) in [5.74, 6) is 1.68. The van der Waals surface area contributed by atoms with Gasteiger partial charge in [-0.1, -0.05) is 6.42 Å². The average molecular weight is 506 g/mol. The minimum absolute atomic E-state index is 0. The lowest BCUT2D eigenvalue weighted by Crippen LogP contribution is -2.38. The van der Waals surface area contributed by atoms with Crippen molar-refractivity contribution in [1.82, 2.24) is 15.5 Å². The molecule has 1 atom stereocenters. The first-order valence-corrected chi connectivity index (χ1v) is 10.1. The minimum atomic E-state index is -0.135. The highest BCUT2D eigenvalue weighted by molar-refractivity contribution is 14.0. The van der Waals surface area contributed by atoms with Crippen LogP contribution in [0.25, 0.3) is 0 Å². The number of halogens is 1. The fraction of sp³-hybridized carbons (Fsp3) is 0.700. The summed E-state index contributed by atoms with van der Waals surface area (Å²) in [5, 5.41) is 6.70. The van der Waals surface area contributed by atoms with Crippen LogP contribution in [0, 0.1) is 0 Å². The van der Waals surface area contributed by atoms with Gasteiger partial charge >= 0.3 is 5.97 Å². The van der Waals surface area contributed by atoms with Gasteiger partial charge < -0.3 is 19.8 Å². The van der Waals surface area contributed by atoms with E-state index >= 15 is 0 Å². The fourth-order valence-corrected chi connectivity index (χ4v) is 3.32. The molecule has 0 spiro atoms. The van der Waals surface area contributed by atoms with Crippen molar-refractivity contribution in [3.63, 3.8) is 0 Å². The van der Waals surface area contributed by atoms with Gasteiger partial charge in [0.2, 0.25) is 0 Å². The number of esters is 1. The smallest absolute Gasteiger partial charge is 0.305 e. The van der Waals surface area contributed by atoms with E-state index in [1.165, 1.54) is 20.0 Å². The number of rotatable bonds is 11. The van der Waals surface area contributed by atoms with Crippen LogP contribution in [-0.2, 0) is 9.53 Å². The van der Waals surface area contributed by atoms with Crippen LogP contribution in [0.2, 0.25) is 0 Å². The van der Waals surface area contributed by atoms with E-state index < -0.39 is 0 Å². The molecule has 0 radical (unpaired) electrons. The molecule has 1 unspecified atom stereocenters. The Morgan fingerprint density at radius 1 is 1.29 bits per heavy atom. The molecule has 2 rings (SSSR count). The number of carbonyl (C=O) groups excluding carboxylic acids is 1. The monoisotopic (exact) mass is 506 g/mol. The van der Waals surface area contributed by atoms with E-state index in [1.54, 1.807) is 6.26 Å². The van der Waals surface area contributed by atoms with Gasteiger partial charge in [0.1, 0.15) is 5.76 Å². The van der Waals surface area contributed by atoms with Crippen LogP contribution < -0.4 is 10.6 Å². The zero-order chi connectivity index (χ0) is 19.3. The standard InChI is InChI=1S/C20H34N4O3.HI/c1-3-21-20(22-12-6-4-5-11-19(25)26-2)23-16-17(18-10-9-15-27-18)24-13-7-8-14-24;/h9-10,15,17H,3-8,11-14,16H2,1-2H3,(H2,21,22,23);1H. The van der Waals surface area contributed by atoms with Crippen molar-refractivity contribution >= 4 is 35.9 Å². The largest absolute Gasteiger partial charge is 0.469 e. The summed E-state index contributed by atoms with van der Waals surface area (Å²) < 4.78 is 10.3. The SMILES string of the molecule is CCNC(=NCC(c1ccco1)N1CCCC1)NCCCCCC(=O)OC.I. The van der Waals surface area contributed by atoms with Gasteiger partial charge in [0.05, 0.1) is 26.0 Å². The predicted molar refractivity (Wildman–Crippen MR) is 122 cm³/mol. The van der Waals surface area contributed by atoms with E-state index in [1.807, 2.05) is 12.1 Å². The molecule has 1 aliphatic rings. The van der Waals surface area contributed by atoms with Crippen LogP contribution in [0.15, 0.2) is 27.8 Å². The van der Waals surface area contributed by atoms with Crippen LogP contribution >= 0.6 is 24.0 Å². The Morgan fingerprint density at radius 2 is 2.07 bits per heavy atom. The van der Waals surface area contributed by atoms with Gasteiger partial charge in [0, 0.05) is 19.5 Å². The Hall–Kier alpha value is -1.29. The number of methoxy groups -OCH3 is 1. The third-order valence-electron chi connectivity index (χ3n) is 4.80. The van der Waals surface area contributed by atoms with Gasteiger partial charge in [0.25, 0.3) is 0 Å². The summed E-state index contributed by atoms with van der Waals surface area (Å²) in [4.78, 5) is 18.4. The van der Waals surface area contributed by atoms with Crippen molar-refractivity contribution in [3.8, 4) is 0 Å². The number of likely N-dealkylation sites (tertiary alicyclic amines) is 1. The molecule has 0 aliphatic carbocycles. The Labute approximate surface area is 185 Å². The zero-order valence-corrected chi connectivity index (χ0v) is 19.4. The number of carbonyl (C=O) groups is 1. The van der Waals surface area contributed by atoms with Crippen LogP contribution in [0.3, 0.4) is 0 Å². The summed E-state index contributed by atoms with van der Waals surface area (Å²) in [6.45, 7) is 6.60. The maximum Gasteiger partial charge on any atom is 0.305 e. The van der Waals surface area contributed by atoms with Crippen molar-refractivity contribution < 1.29 is 13.9 Å². The number of ether oxygens (including phenoxy) is 1. The number of nitrogens with one attached hydrogen (secondary N) is 2. The number of furan rings is 1. The summed E-state index contributed by atoms with van der Waals surface area (Å²) in [5.41, 5.74) is 0. The molecule has 7 nitrogen and oxygen atoms in total. The maximum absolute atomic E-state index is 11.1. The minimum Gasteiger partial charge on any atom is -0.469 e. The van der Waals surface area contributed by atoms with Gasteiger partial charge in [0.15, 0.2) is 5.96 Å². The highest BCUT2D eigenvalue weighted by atomic mass is 127. The average Bonchev–Trinajstić information content (AvgIpc) is 3.38. The summed E-state index contributed by atoms with van der Waals surface area (Å²) >= 11 is 0. The van der Waals surface area contributed by atoms with Crippen molar-refractivity contribution in [3.05, 3.63) is 24.2 Å². The summed E-state index contributed by atoms with van der Waals surface area (Å²) in [6.07, 6.45) is 7.55. The molecule has 1 aromatic heterocycles. The van der Waals surface area contributed by atoms with E-state index in [0.717, 1.165) is 57.2 Å². The molecular weight excluding hydrogens is 471 g/mol. The van der Waals surface area contributed by atoms with Crippen molar-refractivity contribution in [2.75, 3.05) is 39.8 Å². The van der Waals surface area contributed by atoms with E-state index in [0.29, 0.717) is 13.0 Å². The van der Waals surface area contributed by atoms with Crippen molar-refractivity contribution in [1.29, 1.82) is 0 Å². The molecule has 0 saturated carbocycles. The first-order valence-electron chi connectivity index (χ1n) is 10.1. The fourth-order valence-electron chi connectivity index (χ4n) is 3.32. The Morgan fingerprint density at radius 3 is 2.71 bits per heavy atom. The molecular formula is C20H35IN4O3. The lowest BCUT2D eigenvalue weighted by molar-refractivity contribution is -0.140. The third-order valence-corrected chi connectivity index (χ3v) is 4.80. The quantitative estimate of drug-likeness (QED) is 0.158. The lowest BCUT2D eigenvalue weighted by atomic mass is 10.2. The number of hydrogen-bond donors (Lipinski definition) is 2. The van der Waals surface area contributed by atoms with Gasteiger partial charge in [-0.2, -0.15) is 0 Å². The first-order chi connectivity index (χ1) is 13.2. The Kier molecular flexibility index (Phi) is 13.0. The molecule has 28 heavy (non-hydrogen) atoms. The molecule has 1 aromatic rings. The second kappa shape index (κ2) is 14.7. The van der Waals surface area contributed by atoms with Gasteiger partial charge in [-0.15, -0.1) is 24.0 Å². The lowest BCUT2D eigenvalue weighted by Gasteiger charge is -2.24. The molecule has 1 fully saturated rings. The molecule has 1 aliphatic heterocycles. The molecule has 160 valence electrons. The van der Waals surface area contributed by atoms with Gasteiger partial charge in [-0.25, -0.2) is 0 Å². The van der Waals surface area contributed by atoms with Gasteiger partial charge in [-0.05, 0) is 57.8 Å². The summed E-state index contributed by atoms with van der Waals surface area (Å²) in [7, 11) is 1.43. The number of hydrogen-bond acceptors (Lipinski definition) is 5. The molecule has 1 saturated heterocycles. The first kappa shape index (κ1) is 24.7. The van der Waals surface area contributed by atoms with Crippen LogP contribution in [0.1, 0.15) is 57.3 Å². The topological polar surface area (TPSA) is 79.1 Å². The number of nitrogens with zero attached hydrogens (tertiary/aromatic N) is 2. The normalized spacial score (nSPS) is 15.7. The second-order valence-electron chi connectivity index (χ2n) is 6.81. The van der Waals surface area contributed by atoms with Crippen LogP contribution in [0.4, 0.5) is 0 Å². The molecule has 0 aromatic carbocycles. The highest BCUT2D eigenvalue weighted by Crippen LogP contribution is 2.25. The molecule has 0 amide bonds. The third kappa shape index (κ3) is 8.81.